The Kier molecular flexibility index (Phi) is 7.87. The average molecular weight is 269 g/mol. The molecular weight excluding hydrogens is 238 g/mol. The van der Waals surface area contributed by atoms with Crippen molar-refractivity contribution in [3.63, 3.8) is 0 Å². The molecule has 3 atom stereocenters. The molecule has 4 heteroatoms. The van der Waals surface area contributed by atoms with Crippen LogP contribution in [-0.2, 0) is 4.74 Å². The predicted octanol–water partition coefficient (Wildman–Crippen LogP) is 2.40. The van der Waals surface area contributed by atoms with Gasteiger partial charge in [0.2, 0.25) is 0 Å². The maximum atomic E-state index is 5.15. The summed E-state index contributed by atoms with van der Waals surface area (Å²) in [4.78, 5) is 4.73. The highest BCUT2D eigenvalue weighted by Gasteiger charge is 2.18. The van der Waals surface area contributed by atoms with Crippen molar-refractivity contribution >= 4 is 5.96 Å². The molecule has 0 aromatic carbocycles. The van der Waals surface area contributed by atoms with Gasteiger partial charge in [0, 0.05) is 26.2 Å². The Morgan fingerprint density at radius 1 is 1.42 bits per heavy atom. The van der Waals surface area contributed by atoms with Crippen LogP contribution in [0, 0.1) is 11.8 Å². The molecule has 3 unspecified atom stereocenters. The molecule has 1 fully saturated rings. The van der Waals surface area contributed by atoms with Gasteiger partial charge in [-0.15, -0.1) is 0 Å². The summed E-state index contributed by atoms with van der Waals surface area (Å²) < 4.78 is 5.15. The zero-order chi connectivity index (χ0) is 14.1. The van der Waals surface area contributed by atoms with Gasteiger partial charge in [-0.3, -0.25) is 4.99 Å². The Bertz CT molecular complexity index is 268. The van der Waals surface area contributed by atoms with Crippen LogP contribution < -0.4 is 10.6 Å². The zero-order valence-electron chi connectivity index (χ0n) is 13.0. The van der Waals surface area contributed by atoms with Crippen molar-refractivity contribution in [2.75, 3.05) is 26.8 Å². The summed E-state index contributed by atoms with van der Waals surface area (Å²) in [5.41, 5.74) is 0. The number of hydrogen-bond acceptors (Lipinski definition) is 2. The number of hydrogen-bond donors (Lipinski definition) is 2. The summed E-state index contributed by atoms with van der Waals surface area (Å²) in [7, 11) is 1.73. The van der Waals surface area contributed by atoms with Gasteiger partial charge in [0.25, 0.3) is 0 Å². The molecule has 0 bridgehead atoms. The van der Waals surface area contributed by atoms with Gasteiger partial charge in [-0.2, -0.15) is 0 Å². The molecule has 0 aromatic rings. The number of nitrogens with zero attached hydrogens (tertiary/aromatic N) is 1. The second-order valence-corrected chi connectivity index (χ2v) is 5.86. The van der Waals surface area contributed by atoms with Crippen molar-refractivity contribution in [1.29, 1.82) is 0 Å². The molecule has 0 amide bonds. The van der Waals surface area contributed by atoms with E-state index < -0.39 is 0 Å². The molecule has 1 saturated carbocycles. The van der Waals surface area contributed by atoms with E-state index in [9.17, 15) is 0 Å². The molecule has 0 spiro atoms. The van der Waals surface area contributed by atoms with Gasteiger partial charge in [0.15, 0.2) is 5.96 Å². The molecule has 0 aromatic heterocycles. The Hall–Kier alpha value is -0.770. The molecular formula is C15H31N3O. The highest BCUT2D eigenvalue weighted by atomic mass is 16.5. The van der Waals surface area contributed by atoms with E-state index >= 15 is 0 Å². The highest BCUT2D eigenvalue weighted by molar-refractivity contribution is 5.80. The minimum Gasteiger partial charge on any atom is -0.383 e. The number of ether oxygens (including phenoxy) is 1. The first-order valence-electron chi connectivity index (χ1n) is 7.69. The number of nitrogens with one attached hydrogen (secondary N) is 2. The SMILES string of the molecule is CCNC(=NCC1CCCC(C)C1)NC(C)COC. The fraction of sp³-hybridized carbons (Fsp3) is 0.933. The van der Waals surface area contributed by atoms with Gasteiger partial charge >= 0.3 is 0 Å². The molecule has 1 rings (SSSR count). The van der Waals surface area contributed by atoms with Crippen LogP contribution in [0.2, 0.25) is 0 Å². The Morgan fingerprint density at radius 3 is 2.84 bits per heavy atom. The van der Waals surface area contributed by atoms with Crippen molar-refractivity contribution in [3.8, 4) is 0 Å². The molecule has 1 aliphatic rings. The minimum atomic E-state index is 0.285. The molecule has 0 aliphatic heterocycles. The summed E-state index contributed by atoms with van der Waals surface area (Å²) in [6.07, 6.45) is 5.42. The number of rotatable bonds is 6. The second kappa shape index (κ2) is 9.18. The highest BCUT2D eigenvalue weighted by Crippen LogP contribution is 2.28. The lowest BCUT2D eigenvalue weighted by Crippen LogP contribution is -2.44. The molecule has 4 nitrogen and oxygen atoms in total. The maximum absolute atomic E-state index is 5.15. The number of guanidine groups is 1. The monoisotopic (exact) mass is 269 g/mol. The largest absolute Gasteiger partial charge is 0.383 e. The first-order chi connectivity index (χ1) is 9.15. The van der Waals surface area contributed by atoms with Gasteiger partial charge in [-0.05, 0) is 38.5 Å². The Balaban J connectivity index is 2.42. The molecule has 19 heavy (non-hydrogen) atoms. The quantitative estimate of drug-likeness (QED) is 0.575. The molecule has 0 saturated heterocycles. The maximum Gasteiger partial charge on any atom is 0.191 e. The van der Waals surface area contributed by atoms with Crippen molar-refractivity contribution in [2.45, 2.75) is 52.5 Å². The lowest BCUT2D eigenvalue weighted by molar-refractivity contribution is 0.179. The second-order valence-electron chi connectivity index (χ2n) is 5.86. The fourth-order valence-electron chi connectivity index (χ4n) is 2.79. The smallest absolute Gasteiger partial charge is 0.191 e. The van der Waals surface area contributed by atoms with E-state index in [0.717, 1.165) is 30.9 Å². The molecule has 2 N–H and O–H groups in total. The fourth-order valence-corrected chi connectivity index (χ4v) is 2.79. The van der Waals surface area contributed by atoms with E-state index in [2.05, 4.69) is 31.4 Å². The predicted molar refractivity (Wildman–Crippen MR) is 81.6 cm³/mol. The van der Waals surface area contributed by atoms with Gasteiger partial charge in [-0.1, -0.05) is 19.8 Å². The van der Waals surface area contributed by atoms with Crippen LogP contribution >= 0.6 is 0 Å². The first kappa shape index (κ1) is 16.3. The van der Waals surface area contributed by atoms with E-state index in [1.54, 1.807) is 7.11 Å². The Labute approximate surface area is 118 Å². The van der Waals surface area contributed by atoms with E-state index in [4.69, 9.17) is 9.73 Å². The van der Waals surface area contributed by atoms with E-state index in [-0.39, 0.29) is 6.04 Å². The number of aliphatic imine (C=N–C) groups is 1. The Morgan fingerprint density at radius 2 is 2.21 bits per heavy atom. The van der Waals surface area contributed by atoms with Crippen LogP contribution in [0.25, 0.3) is 0 Å². The van der Waals surface area contributed by atoms with Crippen molar-refractivity contribution in [2.24, 2.45) is 16.8 Å². The zero-order valence-corrected chi connectivity index (χ0v) is 13.0. The van der Waals surface area contributed by atoms with Crippen molar-refractivity contribution in [3.05, 3.63) is 0 Å². The van der Waals surface area contributed by atoms with Crippen molar-refractivity contribution in [1.82, 2.24) is 10.6 Å². The minimum absolute atomic E-state index is 0.285. The van der Waals surface area contributed by atoms with Crippen molar-refractivity contribution < 1.29 is 4.74 Å². The molecule has 112 valence electrons. The molecule has 0 heterocycles. The van der Waals surface area contributed by atoms with E-state index in [1.165, 1.54) is 25.7 Å². The van der Waals surface area contributed by atoms with Crippen LogP contribution in [0.5, 0.6) is 0 Å². The summed E-state index contributed by atoms with van der Waals surface area (Å²) in [5.74, 6) is 2.55. The van der Waals surface area contributed by atoms with Gasteiger partial charge < -0.3 is 15.4 Å². The number of methoxy groups -OCH3 is 1. The van der Waals surface area contributed by atoms with Crippen LogP contribution in [0.15, 0.2) is 4.99 Å². The summed E-state index contributed by atoms with van der Waals surface area (Å²) >= 11 is 0. The lowest BCUT2D eigenvalue weighted by Gasteiger charge is -2.26. The normalized spacial score (nSPS) is 26.0. The third-order valence-corrected chi connectivity index (χ3v) is 3.70. The summed E-state index contributed by atoms with van der Waals surface area (Å²) in [6, 6.07) is 0.285. The van der Waals surface area contributed by atoms with Crippen LogP contribution in [0.1, 0.15) is 46.5 Å². The van der Waals surface area contributed by atoms with Gasteiger partial charge in [0.05, 0.1) is 6.61 Å². The summed E-state index contributed by atoms with van der Waals surface area (Å²) in [6.45, 7) is 9.11. The average Bonchev–Trinajstić information content (AvgIpc) is 2.36. The first-order valence-corrected chi connectivity index (χ1v) is 7.69. The van der Waals surface area contributed by atoms with Crippen LogP contribution in [0.3, 0.4) is 0 Å². The van der Waals surface area contributed by atoms with E-state index in [1.807, 2.05) is 0 Å². The van der Waals surface area contributed by atoms with Crippen LogP contribution in [-0.4, -0.2) is 38.8 Å². The standard InChI is InChI=1S/C15H31N3O/c1-5-16-15(18-13(3)11-19-4)17-10-14-8-6-7-12(2)9-14/h12-14H,5-11H2,1-4H3,(H2,16,17,18). The van der Waals surface area contributed by atoms with E-state index in [0.29, 0.717) is 6.61 Å². The van der Waals surface area contributed by atoms with Gasteiger partial charge in [-0.25, -0.2) is 0 Å². The molecule has 1 aliphatic carbocycles. The summed E-state index contributed by atoms with van der Waals surface area (Å²) in [5, 5.41) is 6.69. The van der Waals surface area contributed by atoms with Gasteiger partial charge in [0.1, 0.15) is 0 Å². The third kappa shape index (κ3) is 6.81. The lowest BCUT2D eigenvalue weighted by atomic mass is 9.82. The van der Waals surface area contributed by atoms with Crippen LogP contribution in [0.4, 0.5) is 0 Å². The topological polar surface area (TPSA) is 45.7 Å². The molecule has 0 radical (unpaired) electrons. The third-order valence-electron chi connectivity index (χ3n) is 3.70.